The van der Waals surface area contributed by atoms with E-state index in [1.54, 1.807) is 18.0 Å². The Labute approximate surface area is 113 Å². The van der Waals surface area contributed by atoms with Crippen molar-refractivity contribution in [3.05, 3.63) is 46.5 Å². The average molecular weight is 313 g/mol. The molecule has 0 aliphatic heterocycles. The van der Waals surface area contributed by atoms with Crippen LogP contribution in [0.5, 0.6) is 0 Å². The number of hydrogen-bond acceptors (Lipinski definition) is 4. The fourth-order valence-electron chi connectivity index (χ4n) is 1.36. The SMILES string of the molecule is CNCc1ccc(CSc2ccc(Br)cn2)o1. The van der Waals surface area contributed by atoms with Crippen LogP contribution in [0.1, 0.15) is 11.5 Å². The van der Waals surface area contributed by atoms with Crippen LogP contribution in [0.2, 0.25) is 0 Å². The zero-order chi connectivity index (χ0) is 12.1. The summed E-state index contributed by atoms with van der Waals surface area (Å²) in [7, 11) is 1.91. The van der Waals surface area contributed by atoms with Gasteiger partial charge in [-0.25, -0.2) is 4.98 Å². The quantitative estimate of drug-likeness (QED) is 0.858. The lowest BCUT2D eigenvalue weighted by Crippen LogP contribution is -2.03. The van der Waals surface area contributed by atoms with Crippen LogP contribution < -0.4 is 5.32 Å². The largest absolute Gasteiger partial charge is 0.464 e. The number of furan rings is 1. The minimum atomic E-state index is 0.765. The summed E-state index contributed by atoms with van der Waals surface area (Å²) in [5.41, 5.74) is 0. The number of nitrogens with one attached hydrogen (secondary N) is 1. The van der Waals surface area contributed by atoms with E-state index in [1.807, 2.05) is 31.3 Å². The van der Waals surface area contributed by atoms with Gasteiger partial charge in [0.2, 0.25) is 0 Å². The molecule has 0 bridgehead atoms. The van der Waals surface area contributed by atoms with Crippen molar-refractivity contribution in [1.82, 2.24) is 10.3 Å². The molecule has 2 rings (SSSR count). The molecule has 2 heterocycles. The third-order valence-electron chi connectivity index (χ3n) is 2.13. The molecule has 0 saturated heterocycles. The molecule has 0 amide bonds. The smallest absolute Gasteiger partial charge is 0.117 e. The molecule has 0 aromatic carbocycles. The summed E-state index contributed by atoms with van der Waals surface area (Å²) in [4.78, 5) is 4.30. The Kier molecular flexibility index (Phi) is 4.65. The van der Waals surface area contributed by atoms with Crippen molar-refractivity contribution in [2.24, 2.45) is 0 Å². The maximum absolute atomic E-state index is 5.65. The summed E-state index contributed by atoms with van der Waals surface area (Å²) in [6, 6.07) is 8.00. The molecule has 0 saturated carbocycles. The van der Waals surface area contributed by atoms with Crippen LogP contribution in [0.15, 0.2) is 44.4 Å². The fraction of sp³-hybridized carbons (Fsp3) is 0.250. The average Bonchev–Trinajstić information content (AvgIpc) is 2.77. The number of rotatable bonds is 5. The number of pyridine rings is 1. The highest BCUT2D eigenvalue weighted by Crippen LogP contribution is 2.23. The summed E-state index contributed by atoms with van der Waals surface area (Å²) < 4.78 is 6.65. The van der Waals surface area contributed by atoms with Crippen LogP contribution in [0, 0.1) is 0 Å². The number of thioether (sulfide) groups is 1. The summed E-state index contributed by atoms with van der Waals surface area (Å²) in [5, 5.41) is 4.06. The minimum Gasteiger partial charge on any atom is -0.464 e. The zero-order valence-corrected chi connectivity index (χ0v) is 11.8. The number of halogens is 1. The number of nitrogens with zero attached hydrogens (tertiary/aromatic N) is 1. The maximum atomic E-state index is 5.65. The van der Waals surface area contributed by atoms with Crippen molar-refractivity contribution in [2.75, 3.05) is 7.05 Å². The van der Waals surface area contributed by atoms with Crippen molar-refractivity contribution in [3.8, 4) is 0 Å². The van der Waals surface area contributed by atoms with Crippen LogP contribution in [0.25, 0.3) is 0 Å². The van der Waals surface area contributed by atoms with E-state index in [2.05, 4.69) is 26.2 Å². The molecular weight excluding hydrogens is 300 g/mol. The van der Waals surface area contributed by atoms with E-state index < -0.39 is 0 Å². The van der Waals surface area contributed by atoms with E-state index in [0.29, 0.717) is 0 Å². The molecule has 3 nitrogen and oxygen atoms in total. The molecule has 0 unspecified atom stereocenters. The van der Waals surface area contributed by atoms with Crippen LogP contribution in [0.3, 0.4) is 0 Å². The predicted molar refractivity (Wildman–Crippen MR) is 73.0 cm³/mol. The summed E-state index contributed by atoms with van der Waals surface area (Å²) in [6.45, 7) is 0.765. The van der Waals surface area contributed by atoms with E-state index >= 15 is 0 Å². The van der Waals surface area contributed by atoms with Gasteiger partial charge in [0, 0.05) is 10.7 Å². The van der Waals surface area contributed by atoms with E-state index in [0.717, 1.165) is 33.3 Å². The lowest BCUT2D eigenvalue weighted by atomic mass is 10.4. The molecule has 0 fully saturated rings. The molecule has 0 radical (unpaired) electrons. The van der Waals surface area contributed by atoms with Crippen LogP contribution in [0.4, 0.5) is 0 Å². The van der Waals surface area contributed by atoms with Crippen LogP contribution in [-0.4, -0.2) is 12.0 Å². The van der Waals surface area contributed by atoms with Gasteiger partial charge < -0.3 is 9.73 Å². The van der Waals surface area contributed by atoms with Crippen molar-refractivity contribution in [1.29, 1.82) is 0 Å². The minimum absolute atomic E-state index is 0.765. The molecule has 2 aromatic heterocycles. The molecule has 1 N–H and O–H groups in total. The van der Waals surface area contributed by atoms with Gasteiger partial charge in [0.25, 0.3) is 0 Å². The van der Waals surface area contributed by atoms with Gasteiger partial charge in [-0.3, -0.25) is 0 Å². The lowest BCUT2D eigenvalue weighted by molar-refractivity contribution is 0.469. The van der Waals surface area contributed by atoms with Gasteiger partial charge in [-0.15, -0.1) is 0 Å². The fourth-order valence-corrected chi connectivity index (χ4v) is 2.33. The third-order valence-corrected chi connectivity index (χ3v) is 3.57. The standard InChI is InChI=1S/C12H13BrN2OS/c1-14-7-10-3-4-11(16-10)8-17-12-5-2-9(13)6-15-12/h2-6,14H,7-8H2,1H3. The van der Waals surface area contributed by atoms with Crippen LogP contribution >= 0.6 is 27.7 Å². The van der Waals surface area contributed by atoms with E-state index in [9.17, 15) is 0 Å². The van der Waals surface area contributed by atoms with Crippen molar-refractivity contribution < 1.29 is 4.42 Å². The van der Waals surface area contributed by atoms with Crippen molar-refractivity contribution in [3.63, 3.8) is 0 Å². The van der Waals surface area contributed by atoms with E-state index in [-0.39, 0.29) is 0 Å². The molecule has 0 spiro atoms. The van der Waals surface area contributed by atoms with Gasteiger partial charge in [0.15, 0.2) is 0 Å². The first-order valence-electron chi connectivity index (χ1n) is 5.24. The molecule has 0 aliphatic rings. The predicted octanol–water partition coefficient (Wildman–Crippen LogP) is 3.45. The first kappa shape index (κ1) is 12.7. The zero-order valence-electron chi connectivity index (χ0n) is 9.44. The monoisotopic (exact) mass is 312 g/mol. The molecule has 2 aromatic rings. The van der Waals surface area contributed by atoms with E-state index in [1.165, 1.54) is 0 Å². The summed E-state index contributed by atoms with van der Waals surface area (Å²) in [5.74, 6) is 2.75. The molecule has 17 heavy (non-hydrogen) atoms. The first-order valence-corrected chi connectivity index (χ1v) is 7.02. The highest BCUT2D eigenvalue weighted by Gasteiger charge is 2.03. The Morgan fingerprint density at radius 1 is 1.29 bits per heavy atom. The summed E-state index contributed by atoms with van der Waals surface area (Å²) >= 11 is 5.03. The molecule has 90 valence electrons. The molecule has 5 heteroatoms. The Hall–Kier alpha value is -0.780. The van der Waals surface area contributed by atoms with Gasteiger partial charge in [0.1, 0.15) is 11.5 Å². The highest BCUT2D eigenvalue weighted by atomic mass is 79.9. The molecule has 0 aliphatic carbocycles. The lowest BCUT2D eigenvalue weighted by Gasteiger charge is -1.99. The van der Waals surface area contributed by atoms with Gasteiger partial charge in [-0.2, -0.15) is 0 Å². The normalized spacial score (nSPS) is 10.7. The van der Waals surface area contributed by atoms with Crippen LogP contribution in [-0.2, 0) is 12.3 Å². The molecule has 0 atom stereocenters. The first-order chi connectivity index (χ1) is 8.28. The second-order valence-corrected chi connectivity index (χ2v) is 5.41. The van der Waals surface area contributed by atoms with Crippen molar-refractivity contribution >= 4 is 27.7 Å². The molecular formula is C12H13BrN2OS. The van der Waals surface area contributed by atoms with Crippen molar-refractivity contribution in [2.45, 2.75) is 17.3 Å². The Morgan fingerprint density at radius 2 is 2.12 bits per heavy atom. The third kappa shape index (κ3) is 3.87. The van der Waals surface area contributed by atoms with E-state index in [4.69, 9.17) is 4.42 Å². The van der Waals surface area contributed by atoms with Gasteiger partial charge >= 0.3 is 0 Å². The Morgan fingerprint density at radius 3 is 2.82 bits per heavy atom. The second kappa shape index (κ2) is 6.23. The highest BCUT2D eigenvalue weighted by molar-refractivity contribution is 9.10. The maximum Gasteiger partial charge on any atom is 0.117 e. The van der Waals surface area contributed by atoms with Gasteiger partial charge in [-0.1, -0.05) is 11.8 Å². The van der Waals surface area contributed by atoms with Gasteiger partial charge in [0.05, 0.1) is 17.3 Å². The number of aromatic nitrogens is 1. The number of hydrogen-bond donors (Lipinski definition) is 1. The Balaban J connectivity index is 1.90. The topological polar surface area (TPSA) is 38.1 Å². The van der Waals surface area contributed by atoms with Gasteiger partial charge in [-0.05, 0) is 47.2 Å². The summed E-state index contributed by atoms with van der Waals surface area (Å²) in [6.07, 6.45) is 1.80. The second-order valence-electron chi connectivity index (χ2n) is 3.50. The Bertz CT molecular complexity index is 470.